The molecule has 20 heavy (non-hydrogen) atoms. The Labute approximate surface area is 119 Å². The molecule has 1 N–H and O–H groups in total. The van der Waals surface area contributed by atoms with Gasteiger partial charge in [0.1, 0.15) is 18.2 Å². The Morgan fingerprint density at radius 2 is 2.10 bits per heavy atom. The first-order valence-electron chi connectivity index (χ1n) is 7.03. The van der Waals surface area contributed by atoms with E-state index in [1.54, 1.807) is 6.33 Å². The van der Waals surface area contributed by atoms with Crippen LogP contribution in [0.1, 0.15) is 35.6 Å². The van der Waals surface area contributed by atoms with E-state index >= 15 is 0 Å². The van der Waals surface area contributed by atoms with Crippen molar-refractivity contribution in [1.29, 1.82) is 0 Å². The molecule has 0 aliphatic heterocycles. The van der Waals surface area contributed by atoms with E-state index < -0.39 is 0 Å². The molecule has 1 atom stereocenters. The summed E-state index contributed by atoms with van der Waals surface area (Å²) in [6, 6.07) is 8.52. The third kappa shape index (κ3) is 2.33. The smallest absolute Gasteiger partial charge is 0.222 e. The van der Waals surface area contributed by atoms with Crippen molar-refractivity contribution in [3.8, 4) is 5.88 Å². The largest absolute Gasteiger partial charge is 0.469 e. The van der Waals surface area contributed by atoms with Gasteiger partial charge in [-0.15, -0.1) is 0 Å². The van der Waals surface area contributed by atoms with Crippen LogP contribution in [-0.4, -0.2) is 17.0 Å². The summed E-state index contributed by atoms with van der Waals surface area (Å²) in [6.45, 7) is 1.98. The van der Waals surface area contributed by atoms with Crippen molar-refractivity contribution >= 4 is 5.82 Å². The number of nitrogens with one attached hydrogen (secondary N) is 1. The van der Waals surface area contributed by atoms with Gasteiger partial charge in [-0.1, -0.05) is 24.3 Å². The first-order valence-corrected chi connectivity index (χ1v) is 7.03. The molecule has 1 aromatic heterocycles. The predicted molar refractivity (Wildman–Crippen MR) is 79.1 cm³/mol. The first kappa shape index (κ1) is 12.9. The number of aryl methyl sites for hydroxylation is 1. The van der Waals surface area contributed by atoms with Gasteiger partial charge < -0.3 is 10.1 Å². The molecule has 1 aromatic carbocycles. The van der Waals surface area contributed by atoms with Gasteiger partial charge in [0, 0.05) is 7.05 Å². The number of benzene rings is 1. The van der Waals surface area contributed by atoms with E-state index in [-0.39, 0.29) is 6.10 Å². The van der Waals surface area contributed by atoms with Crippen molar-refractivity contribution in [1.82, 2.24) is 9.97 Å². The Hall–Kier alpha value is -2.10. The lowest BCUT2D eigenvalue weighted by molar-refractivity contribution is 0.174. The molecule has 0 spiro atoms. The zero-order valence-electron chi connectivity index (χ0n) is 11.9. The third-order valence-electron chi connectivity index (χ3n) is 3.84. The monoisotopic (exact) mass is 269 g/mol. The van der Waals surface area contributed by atoms with Crippen molar-refractivity contribution < 1.29 is 4.74 Å². The van der Waals surface area contributed by atoms with Crippen molar-refractivity contribution in [2.45, 2.75) is 32.3 Å². The maximum absolute atomic E-state index is 6.16. The molecule has 0 amide bonds. The highest BCUT2D eigenvalue weighted by Gasteiger charge is 2.22. The fourth-order valence-electron chi connectivity index (χ4n) is 2.77. The third-order valence-corrected chi connectivity index (χ3v) is 3.84. The second kappa shape index (κ2) is 5.49. The summed E-state index contributed by atoms with van der Waals surface area (Å²) in [6.07, 6.45) is 4.97. The Morgan fingerprint density at radius 3 is 2.95 bits per heavy atom. The molecular formula is C16H19N3O. The lowest BCUT2D eigenvalue weighted by atomic mass is 9.89. The van der Waals surface area contributed by atoms with Crippen LogP contribution in [0.4, 0.5) is 5.82 Å². The quantitative estimate of drug-likeness (QED) is 0.929. The Morgan fingerprint density at radius 1 is 1.25 bits per heavy atom. The first-order chi connectivity index (χ1) is 9.79. The molecule has 0 fully saturated rings. The minimum absolute atomic E-state index is 0.0956. The number of hydrogen-bond donors (Lipinski definition) is 1. The van der Waals surface area contributed by atoms with Crippen molar-refractivity contribution in [3.05, 3.63) is 47.3 Å². The number of anilines is 1. The predicted octanol–water partition coefficient (Wildman–Crippen LogP) is 3.28. The summed E-state index contributed by atoms with van der Waals surface area (Å²) < 4.78 is 6.16. The van der Waals surface area contributed by atoms with Crippen LogP contribution in [0.3, 0.4) is 0 Å². The molecule has 2 aromatic rings. The Balaban J connectivity index is 1.90. The van der Waals surface area contributed by atoms with Crippen LogP contribution in [0.5, 0.6) is 5.88 Å². The van der Waals surface area contributed by atoms with E-state index in [9.17, 15) is 0 Å². The molecule has 1 unspecified atom stereocenters. The van der Waals surface area contributed by atoms with Crippen LogP contribution < -0.4 is 10.1 Å². The van der Waals surface area contributed by atoms with Crippen LogP contribution in [0.2, 0.25) is 0 Å². The van der Waals surface area contributed by atoms with Crippen LogP contribution >= 0.6 is 0 Å². The van der Waals surface area contributed by atoms with E-state index in [4.69, 9.17) is 4.74 Å². The maximum atomic E-state index is 6.16. The molecule has 0 bridgehead atoms. The van der Waals surface area contributed by atoms with Gasteiger partial charge >= 0.3 is 0 Å². The zero-order chi connectivity index (χ0) is 13.9. The molecule has 3 rings (SSSR count). The normalized spacial score (nSPS) is 17.4. The molecule has 1 aliphatic carbocycles. The second-order valence-electron chi connectivity index (χ2n) is 5.10. The number of hydrogen-bond acceptors (Lipinski definition) is 4. The van der Waals surface area contributed by atoms with E-state index in [1.807, 2.05) is 14.0 Å². The highest BCUT2D eigenvalue weighted by Crippen LogP contribution is 2.34. The van der Waals surface area contributed by atoms with E-state index in [0.717, 1.165) is 30.6 Å². The van der Waals surface area contributed by atoms with Crippen LogP contribution in [0.15, 0.2) is 30.6 Å². The summed E-state index contributed by atoms with van der Waals surface area (Å²) >= 11 is 0. The van der Waals surface area contributed by atoms with Crippen LogP contribution in [-0.2, 0) is 6.42 Å². The SMILES string of the molecule is CNc1ncnc(OC2CCCc3ccccc32)c1C. The average Bonchev–Trinajstić information content (AvgIpc) is 2.50. The zero-order valence-corrected chi connectivity index (χ0v) is 11.9. The standard InChI is InChI=1S/C16H19N3O/c1-11-15(17-2)18-10-19-16(11)20-14-9-5-7-12-6-3-4-8-13(12)14/h3-4,6,8,10,14H,5,7,9H2,1-2H3,(H,17,18,19). The number of ether oxygens (including phenoxy) is 1. The summed E-state index contributed by atoms with van der Waals surface area (Å²) in [5.41, 5.74) is 3.64. The molecule has 104 valence electrons. The molecule has 1 aliphatic rings. The van der Waals surface area contributed by atoms with Crippen molar-refractivity contribution in [2.24, 2.45) is 0 Å². The van der Waals surface area contributed by atoms with Crippen molar-refractivity contribution in [3.63, 3.8) is 0 Å². The Bertz CT molecular complexity index is 612. The van der Waals surface area contributed by atoms with E-state index in [2.05, 4.69) is 39.6 Å². The van der Waals surface area contributed by atoms with Gasteiger partial charge in [-0.25, -0.2) is 9.97 Å². The molecule has 4 heteroatoms. The highest BCUT2D eigenvalue weighted by atomic mass is 16.5. The minimum atomic E-state index is 0.0956. The lowest BCUT2D eigenvalue weighted by Gasteiger charge is -2.26. The van der Waals surface area contributed by atoms with Gasteiger partial charge in [-0.2, -0.15) is 0 Å². The maximum Gasteiger partial charge on any atom is 0.222 e. The number of rotatable bonds is 3. The fraction of sp³-hybridized carbons (Fsp3) is 0.375. The van der Waals surface area contributed by atoms with Crippen LogP contribution in [0.25, 0.3) is 0 Å². The number of aromatic nitrogens is 2. The highest BCUT2D eigenvalue weighted by molar-refractivity contribution is 5.47. The summed E-state index contributed by atoms with van der Waals surface area (Å²) in [5, 5.41) is 3.06. The molecule has 0 saturated carbocycles. The second-order valence-corrected chi connectivity index (χ2v) is 5.10. The Kier molecular flexibility index (Phi) is 3.54. The average molecular weight is 269 g/mol. The minimum Gasteiger partial charge on any atom is -0.469 e. The number of fused-ring (bicyclic) bond motifs is 1. The lowest BCUT2D eigenvalue weighted by Crippen LogP contribution is -2.16. The molecule has 0 saturated heterocycles. The molecule has 0 radical (unpaired) electrons. The van der Waals surface area contributed by atoms with Gasteiger partial charge in [-0.05, 0) is 37.3 Å². The number of nitrogens with zero attached hydrogens (tertiary/aromatic N) is 2. The van der Waals surface area contributed by atoms with Gasteiger partial charge in [0.15, 0.2) is 0 Å². The van der Waals surface area contributed by atoms with Gasteiger partial charge in [-0.3, -0.25) is 0 Å². The van der Waals surface area contributed by atoms with Gasteiger partial charge in [0.2, 0.25) is 5.88 Å². The van der Waals surface area contributed by atoms with Crippen molar-refractivity contribution in [2.75, 3.05) is 12.4 Å². The van der Waals surface area contributed by atoms with E-state index in [0.29, 0.717) is 5.88 Å². The van der Waals surface area contributed by atoms with E-state index in [1.165, 1.54) is 11.1 Å². The molecular weight excluding hydrogens is 250 g/mol. The molecule has 1 heterocycles. The topological polar surface area (TPSA) is 47.0 Å². The van der Waals surface area contributed by atoms with Crippen LogP contribution in [0, 0.1) is 6.92 Å². The molecule has 4 nitrogen and oxygen atoms in total. The van der Waals surface area contributed by atoms with Gasteiger partial charge in [0.25, 0.3) is 0 Å². The summed E-state index contributed by atoms with van der Waals surface area (Å²) in [5.74, 6) is 1.49. The summed E-state index contributed by atoms with van der Waals surface area (Å²) in [4.78, 5) is 8.47. The van der Waals surface area contributed by atoms with Gasteiger partial charge in [0.05, 0.1) is 5.56 Å². The fourth-order valence-corrected chi connectivity index (χ4v) is 2.77. The summed E-state index contributed by atoms with van der Waals surface area (Å²) in [7, 11) is 1.86.